The lowest BCUT2D eigenvalue weighted by molar-refractivity contribution is -0.385. The smallest absolute Gasteiger partial charge is 0.272 e. The van der Waals surface area contributed by atoms with Crippen molar-refractivity contribution in [2.45, 2.75) is 33.4 Å². The highest BCUT2D eigenvalue weighted by molar-refractivity contribution is 5.80. The summed E-state index contributed by atoms with van der Waals surface area (Å²) in [6.07, 6.45) is 0. The molecule has 0 saturated heterocycles. The van der Waals surface area contributed by atoms with Gasteiger partial charge in [0, 0.05) is 18.2 Å². The van der Waals surface area contributed by atoms with E-state index >= 15 is 0 Å². The maximum Gasteiger partial charge on any atom is 0.272 e. The van der Waals surface area contributed by atoms with E-state index in [1.54, 1.807) is 19.1 Å². The van der Waals surface area contributed by atoms with E-state index in [2.05, 4.69) is 5.32 Å². The summed E-state index contributed by atoms with van der Waals surface area (Å²) in [5.41, 5.74) is 6.75. The second kappa shape index (κ2) is 6.29. The van der Waals surface area contributed by atoms with Crippen LogP contribution in [0.25, 0.3) is 0 Å². The summed E-state index contributed by atoms with van der Waals surface area (Å²) >= 11 is 0. The van der Waals surface area contributed by atoms with E-state index in [0.29, 0.717) is 12.1 Å². The van der Waals surface area contributed by atoms with Gasteiger partial charge < -0.3 is 11.1 Å². The number of carbonyl (C=O) groups is 1. The highest BCUT2D eigenvalue weighted by Crippen LogP contribution is 2.19. The molecule has 0 aliphatic heterocycles. The molecule has 0 aliphatic carbocycles. The summed E-state index contributed by atoms with van der Waals surface area (Å²) in [5, 5.41) is 13.9. The van der Waals surface area contributed by atoms with Gasteiger partial charge in [-0.2, -0.15) is 0 Å². The first-order chi connectivity index (χ1) is 8.82. The van der Waals surface area contributed by atoms with Crippen LogP contribution in [0, 0.1) is 23.0 Å². The van der Waals surface area contributed by atoms with Gasteiger partial charge in [0.15, 0.2) is 0 Å². The molecule has 6 nitrogen and oxygen atoms in total. The van der Waals surface area contributed by atoms with Gasteiger partial charge in [-0.05, 0) is 18.4 Å². The van der Waals surface area contributed by atoms with Gasteiger partial charge in [0.05, 0.1) is 11.0 Å². The van der Waals surface area contributed by atoms with Crippen molar-refractivity contribution in [3.63, 3.8) is 0 Å². The fourth-order valence-electron chi connectivity index (χ4n) is 1.85. The molecule has 0 fully saturated rings. The van der Waals surface area contributed by atoms with E-state index in [0.717, 1.165) is 5.56 Å². The van der Waals surface area contributed by atoms with Crippen molar-refractivity contribution in [3.05, 3.63) is 39.4 Å². The Balaban J connectivity index is 2.80. The Morgan fingerprint density at radius 3 is 2.58 bits per heavy atom. The quantitative estimate of drug-likeness (QED) is 0.601. The summed E-state index contributed by atoms with van der Waals surface area (Å²) in [7, 11) is 0. The zero-order chi connectivity index (χ0) is 14.6. The van der Waals surface area contributed by atoms with Gasteiger partial charge in [-0.25, -0.2) is 0 Å². The number of nitrogens with one attached hydrogen (secondary N) is 1. The predicted octanol–water partition coefficient (Wildman–Crippen LogP) is 1.50. The Kier molecular flexibility index (Phi) is 5.00. The molecule has 6 heteroatoms. The standard InChI is InChI=1S/C13H19N3O3/c1-8(2)12(13(14)17)15-7-10-5-4-9(3)11(6-10)16(18)19/h4-6,8,12,15H,7H2,1-3H3,(H2,14,17). The van der Waals surface area contributed by atoms with Crippen LogP contribution >= 0.6 is 0 Å². The maximum atomic E-state index is 11.2. The van der Waals surface area contributed by atoms with Crippen LogP contribution in [0.4, 0.5) is 5.69 Å². The van der Waals surface area contributed by atoms with Gasteiger partial charge in [0.1, 0.15) is 0 Å². The monoisotopic (exact) mass is 265 g/mol. The van der Waals surface area contributed by atoms with Crippen molar-refractivity contribution in [1.82, 2.24) is 5.32 Å². The molecule has 0 heterocycles. The molecule has 19 heavy (non-hydrogen) atoms. The second-order valence-electron chi connectivity index (χ2n) is 4.88. The lowest BCUT2D eigenvalue weighted by Crippen LogP contribution is -2.44. The third-order valence-electron chi connectivity index (χ3n) is 2.97. The molecule has 104 valence electrons. The summed E-state index contributed by atoms with van der Waals surface area (Å²) in [4.78, 5) is 21.7. The minimum absolute atomic E-state index is 0.0675. The topological polar surface area (TPSA) is 98.3 Å². The van der Waals surface area contributed by atoms with Crippen LogP contribution in [0.1, 0.15) is 25.0 Å². The van der Waals surface area contributed by atoms with Crippen LogP contribution in [-0.2, 0) is 11.3 Å². The number of carbonyl (C=O) groups excluding carboxylic acids is 1. The molecule has 0 radical (unpaired) electrons. The molecule has 0 saturated carbocycles. The Morgan fingerprint density at radius 1 is 1.47 bits per heavy atom. The van der Waals surface area contributed by atoms with E-state index in [1.807, 2.05) is 13.8 Å². The number of nitrogens with zero attached hydrogens (tertiary/aromatic N) is 1. The average molecular weight is 265 g/mol. The summed E-state index contributed by atoms with van der Waals surface area (Å²) < 4.78 is 0. The molecule has 0 spiro atoms. The first-order valence-corrected chi connectivity index (χ1v) is 6.09. The van der Waals surface area contributed by atoms with E-state index in [4.69, 9.17) is 5.73 Å². The molecular formula is C13H19N3O3. The van der Waals surface area contributed by atoms with Gasteiger partial charge in [-0.3, -0.25) is 14.9 Å². The Morgan fingerprint density at radius 2 is 2.11 bits per heavy atom. The molecule has 1 aromatic carbocycles. The average Bonchev–Trinajstić information content (AvgIpc) is 2.30. The minimum atomic E-state index is -0.444. The number of nitro groups is 1. The zero-order valence-corrected chi connectivity index (χ0v) is 11.3. The molecule has 0 aliphatic rings. The van der Waals surface area contributed by atoms with Crippen LogP contribution in [0.2, 0.25) is 0 Å². The summed E-state index contributed by atoms with van der Waals surface area (Å²) in [6.45, 7) is 5.84. The normalized spacial score (nSPS) is 12.4. The van der Waals surface area contributed by atoms with E-state index in [1.165, 1.54) is 6.07 Å². The van der Waals surface area contributed by atoms with Crippen LogP contribution in [0.3, 0.4) is 0 Å². The molecule has 0 aromatic heterocycles. The Labute approximate surface area is 112 Å². The highest BCUT2D eigenvalue weighted by Gasteiger charge is 2.19. The number of amides is 1. The van der Waals surface area contributed by atoms with Crippen molar-refractivity contribution >= 4 is 11.6 Å². The molecule has 1 unspecified atom stereocenters. The van der Waals surface area contributed by atoms with E-state index in [9.17, 15) is 14.9 Å². The minimum Gasteiger partial charge on any atom is -0.368 e. The molecule has 1 atom stereocenters. The van der Waals surface area contributed by atoms with Crippen LogP contribution < -0.4 is 11.1 Å². The van der Waals surface area contributed by atoms with Crippen LogP contribution in [0.15, 0.2) is 18.2 Å². The molecular weight excluding hydrogens is 246 g/mol. The summed E-state index contributed by atoms with van der Waals surface area (Å²) in [5.74, 6) is -0.352. The third-order valence-corrected chi connectivity index (χ3v) is 2.97. The van der Waals surface area contributed by atoms with Crippen LogP contribution in [-0.4, -0.2) is 16.9 Å². The fraction of sp³-hybridized carbons (Fsp3) is 0.462. The number of nitrogens with two attached hydrogens (primary N) is 1. The van der Waals surface area contributed by atoms with Gasteiger partial charge in [-0.15, -0.1) is 0 Å². The van der Waals surface area contributed by atoms with Crippen molar-refractivity contribution in [2.75, 3.05) is 0 Å². The van der Waals surface area contributed by atoms with E-state index < -0.39 is 16.9 Å². The zero-order valence-electron chi connectivity index (χ0n) is 11.3. The SMILES string of the molecule is Cc1ccc(CNC(C(N)=O)C(C)C)cc1[N+](=O)[O-]. The lowest BCUT2D eigenvalue weighted by Gasteiger charge is -2.18. The number of hydrogen-bond acceptors (Lipinski definition) is 4. The Hall–Kier alpha value is -1.95. The largest absolute Gasteiger partial charge is 0.368 e. The second-order valence-corrected chi connectivity index (χ2v) is 4.88. The summed E-state index contributed by atoms with van der Waals surface area (Å²) in [6, 6.07) is 4.57. The number of hydrogen-bond donors (Lipinski definition) is 2. The first kappa shape index (κ1) is 15.1. The first-order valence-electron chi connectivity index (χ1n) is 6.09. The van der Waals surface area contributed by atoms with Crippen molar-refractivity contribution in [3.8, 4) is 0 Å². The molecule has 1 rings (SSSR count). The van der Waals surface area contributed by atoms with Crippen molar-refractivity contribution in [2.24, 2.45) is 11.7 Å². The molecule has 0 bridgehead atoms. The van der Waals surface area contributed by atoms with Gasteiger partial charge in [0.2, 0.25) is 5.91 Å². The van der Waals surface area contributed by atoms with Gasteiger partial charge in [-0.1, -0.05) is 26.0 Å². The third kappa shape index (κ3) is 4.03. The van der Waals surface area contributed by atoms with Gasteiger partial charge >= 0.3 is 0 Å². The number of benzene rings is 1. The lowest BCUT2D eigenvalue weighted by atomic mass is 10.0. The van der Waals surface area contributed by atoms with Crippen LogP contribution in [0.5, 0.6) is 0 Å². The number of primary amides is 1. The molecule has 1 aromatic rings. The Bertz CT molecular complexity index is 486. The predicted molar refractivity (Wildman–Crippen MR) is 72.5 cm³/mol. The number of aryl methyl sites for hydroxylation is 1. The van der Waals surface area contributed by atoms with Crippen molar-refractivity contribution in [1.29, 1.82) is 0 Å². The number of nitro benzene ring substituents is 1. The maximum absolute atomic E-state index is 11.2. The van der Waals surface area contributed by atoms with E-state index in [-0.39, 0.29) is 11.6 Å². The number of rotatable bonds is 6. The van der Waals surface area contributed by atoms with Crippen molar-refractivity contribution < 1.29 is 9.72 Å². The highest BCUT2D eigenvalue weighted by atomic mass is 16.6. The fourth-order valence-corrected chi connectivity index (χ4v) is 1.85. The molecule has 3 N–H and O–H groups in total. The van der Waals surface area contributed by atoms with Gasteiger partial charge in [0.25, 0.3) is 5.69 Å². The molecule has 1 amide bonds.